The van der Waals surface area contributed by atoms with Crippen molar-refractivity contribution in [2.24, 2.45) is 0 Å². The lowest BCUT2D eigenvalue weighted by Crippen LogP contribution is -4.05. The van der Waals surface area contributed by atoms with Crippen molar-refractivity contribution >= 4 is 0 Å². The second kappa shape index (κ2) is 4.90. The quantitative estimate of drug-likeness (QED) is 0.373. The molecule has 0 aromatic carbocycles. The Morgan fingerprint density at radius 3 is 1.00 bits per heavy atom. The van der Waals surface area contributed by atoms with E-state index in [0.29, 0.717) is 0 Å². The summed E-state index contributed by atoms with van der Waals surface area (Å²) in [4.78, 5) is 0. The molecular weight excluding hydrogens is 210 g/mol. The van der Waals surface area contributed by atoms with Gasteiger partial charge < -0.3 is 10.3 Å². The minimum atomic E-state index is -4.01. The molecule has 0 saturated carbocycles. The molecule has 5 heavy (non-hydrogen) atoms. The number of hydrogen-bond acceptors (Lipinski definition) is 3. The fourth-order valence-corrected chi connectivity index (χ4v) is 0. The van der Waals surface area contributed by atoms with Gasteiger partial charge in [-0.15, -0.1) is 0 Å². The first-order valence-electron chi connectivity index (χ1n) is 0.463. The van der Waals surface area contributed by atoms with Crippen LogP contribution in [0.15, 0.2) is 0 Å². The molecule has 0 aliphatic heterocycles. The molecule has 0 amide bonds. The minimum absolute atomic E-state index is 0. The van der Waals surface area contributed by atoms with E-state index in [1.54, 1.807) is 0 Å². The Hall–Kier alpha value is 0.900. The standard InChI is InChI=1S/Cl.IO3/c;2-1(3)4/q+1;-1. The summed E-state index contributed by atoms with van der Waals surface area (Å²) < 4.78 is 25.7. The maximum absolute atomic E-state index is 8.57. The Morgan fingerprint density at radius 2 is 1.00 bits per heavy atom. The van der Waals surface area contributed by atoms with E-state index in [9.17, 15) is 0 Å². The first-order chi connectivity index (χ1) is 1.73. The molecule has 2 radical (unpaired) electrons. The molecule has 3 nitrogen and oxygen atoms in total. The van der Waals surface area contributed by atoms with Crippen molar-refractivity contribution in [2.75, 3.05) is 0 Å². The summed E-state index contributed by atoms with van der Waals surface area (Å²) in [6.45, 7) is 0. The average Bonchev–Trinajstić information content (AvgIpc) is 0.811. The predicted molar refractivity (Wildman–Crippen MR) is 0 cm³/mol. The van der Waals surface area contributed by atoms with Crippen LogP contribution in [0.2, 0.25) is 0 Å². The van der Waals surface area contributed by atoms with Crippen LogP contribution in [-0.4, -0.2) is 0 Å². The van der Waals surface area contributed by atoms with E-state index in [4.69, 9.17) is 10.3 Å². The summed E-state index contributed by atoms with van der Waals surface area (Å²) in [5.74, 6) is 0. The van der Waals surface area contributed by atoms with Gasteiger partial charge >= 0.3 is 12.4 Å². The van der Waals surface area contributed by atoms with E-state index in [2.05, 4.69) is 0 Å². The predicted octanol–water partition coefficient (Wildman–Crippen LogP) is -6.56. The van der Waals surface area contributed by atoms with Crippen molar-refractivity contribution in [3.8, 4) is 0 Å². The van der Waals surface area contributed by atoms with Crippen LogP contribution in [0, 0.1) is 12.4 Å². The molecule has 32 valence electrons. The van der Waals surface area contributed by atoms with Crippen molar-refractivity contribution in [1.82, 2.24) is 0 Å². The normalized spacial score (nSPS) is 7.20. The van der Waals surface area contributed by atoms with Gasteiger partial charge in [0.05, 0.1) is 0 Å². The Kier molecular flexibility index (Phi) is 9.13. The molecule has 0 unspecified atom stereocenters. The van der Waals surface area contributed by atoms with Gasteiger partial charge in [-0.05, 0) is 0 Å². The first-order valence-corrected chi connectivity index (χ1v) is 3.11. The Labute approximate surface area is 44.1 Å². The highest BCUT2D eigenvalue weighted by Crippen LogP contribution is 0.0000291. The van der Waals surface area contributed by atoms with E-state index in [-0.39, 0.29) is 12.4 Å². The van der Waals surface area contributed by atoms with Crippen molar-refractivity contribution in [1.29, 1.82) is 0 Å². The lowest BCUT2D eigenvalue weighted by atomic mass is 16.0. The summed E-state index contributed by atoms with van der Waals surface area (Å²) in [5, 5.41) is 0. The third kappa shape index (κ3) is 50.9. The summed E-state index contributed by atoms with van der Waals surface area (Å²) in [6.07, 6.45) is 0. The summed E-state index contributed by atoms with van der Waals surface area (Å²) in [7, 11) is 0. The van der Waals surface area contributed by atoms with Crippen LogP contribution in [0.3, 0.4) is 0 Å². The largest absolute Gasteiger partial charge is 1.00 e. The van der Waals surface area contributed by atoms with Gasteiger partial charge in [-0.2, -0.15) is 0 Å². The van der Waals surface area contributed by atoms with Crippen molar-refractivity contribution < 1.29 is 43.8 Å². The van der Waals surface area contributed by atoms with Gasteiger partial charge in [0.1, 0.15) is 0 Å². The zero-order chi connectivity index (χ0) is 3.58. The van der Waals surface area contributed by atoms with Crippen molar-refractivity contribution in [3.05, 3.63) is 0 Å². The summed E-state index contributed by atoms with van der Waals surface area (Å²) >= 11 is -4.01. The van der Waals surface area contributed by atoms with E-state index < -0.39 is 21.1 Å². The molecule has 0 heterocycles. The molecule has 5 heteroatoms. The highest BCUT2D eigenvalue weighted by molar-refractivity contribution is 1.73. The molecular formula is ClIO3. The third-order valence-electron chi connectivity index (χ3n) is 0. The van der Waals surface area contributed by atoms with E-state index in [1.165, 1.54) is 0 Å². The lowest BCUT2D eigenvalue weighted by Gasteiger charge is -1.84. The van der Waals surface area contributed by atoms with Gasteiger partial charge in [0.25, 0.3) is 21.1 Å². The van der Waals surface area contributed by atoms with Gasteiger partial charge in [0.15, 0.2) is 0 Å². The van der Waals surface area contributed by atoms with Crippen LogP contribution in [0.4, 0.5) is 0 Å². The molecule has 0 saturated heterocycles. The highest BCUT2D eigenvalue weighted by atomic mass is 127. The van der Waals surface area contributed by atoms with Crippen molar-refractivity contribution in [3.63, 3.8) is 0 Å². The fourth-order valence-electron chi connectivity index (χ4n) is 0. The molecule has 0 aliphatic rings. The van der Waals surface area contributed by atoms with Gasteiger partial charge in [-0.3, -0.25) is 0 Å². The van der Waals surface area contributed by atoms with Crippen LogP contribution in [0.25, 0.3) is 0 Å². The monoisotopic (exact) mass is 210 g/mol. The van der Waals surface area contributed by atoms with E-state index >= 15 is 0 Å². The Balaban J connectivity index is 0. The maximum atomic E-state index is 8.57. The number of hydrogen-bond donors (Lipinski definition) is 0. The molecule has 0 aliphatic carbocycles. The molecule has 0 atom stereocenters. The topological polar surface area (TPSA) is 69.2 Å². The first kappa shape index (κ1) is 9.31. The SMILES string of the molecule is [Cl+].[O-][I+2]([O-])[O-]. The summed E-state index contributed by atoms with van der Waals surface area (Å²) in [5.41, 5.74) is 0. The molecule has 0 fully saturated rings. The second-order valence-electron chi connectivity index (χ2n) is 0.189. The smallest absolute Gasteiger partial charge is 0.427 e. The number of halogens is 2. The fraction of sp³-hybridized carbons (Fsp3) is 0. The molecule has 0 aromatic heterocycles. The molecule has 0 rings (SSSR count). The minimum Gasteiger partial charge on any atom is -0.427 e. The van der Waals surface area contributed by atoms with Gasteiger partial charge in [0.2, 0.25) is 0 Å². The van der Waals surface area contributed by atoms with Gasteiger partial charge in [-0.1, -0.05) is 0 Å². The van der Waals surface area contributed by atoms with E-state index in [0.717, 1.165) is 0 Å². The van der Waals surface area contributed by atoms with Crippen LogP contribution in [0.5, 0.6) is 0 Å². The van der Waals surface area contributed by atoms with Crippen LogP contribution in [0.1, 0.15) is 0 Å². The Bertz CT molecular complexity index is 11.6. The van der Waals surface area contributed by atoms with Crippen molar-refractivity contribution in [2.45, 2.75) is 0 Å². The van der Waals surface area contributed by atoms with Crippen LogP contribution >= 0.6 is 0 Å². The van der Waals surface area contributed by atoms with E-state index in [1.807, 2.05) is 0 Å². The third-order valence-corrected chi connectivity index (χ3v) is 0. The molecule has 0 bridgehead atoms. The van der Waals surface area contributed by atoms with Crippen LogP contribution < -0.4 is 31.4 Å². The zero-order valence-corrected chi connectivity index (χ0v) is 4.89. The van der Waals surface area contributed by atoms with Gasteiger partial charge in [-0.25, -0.2) is 0 Å². The summed E-state index contributed by atoms with van der Waals surface area (Å²) in [6, 6.07) is 0. The Morgan fingerprint density at radius 1 is 1.00 bits per heavy atom. The molecule has 0 N–H and O–H groups in total. The number of rotatable bonds is 0. The molecule has 0 spiro atoms. The highest BCUT2D eigenvalue weighted by Gasteiger charge is 1.70. The zero-order valence-electron chi connectivity index (χ0n) is 1.98. The molecule has 0 aromatic rings. The van der Waals surface area contributed by atoms with Crippen LogP contribution in [-0.2, 0) is 0 Å². The van der Waals surface area contributed by atoms with Gasteiger partial charge in [0, 0.05) is 0 Å². The lowest BCUT2D eigenvalue weighted by molar-refractivity contribution is -1.73. The average molecular weight is 210 g/mol. The maximum Gasteiger partial charge on any atom is 1.00 e. The second-order valence-corrected chi connectivity index (χ2v) is 1.27.